The number of nitrogens with zero attached hydrogens (tertiary/aromatic N) is 4. The molecule has 0 aliphatic carbocycles. The highest BCUT2D eigenvalue weighted by Gasteiger charge is 2.39. The van der Waals surface area contributed by atoms with E-state index < -0.39 is 24.3 Å². The Morgan fingerprint density at radius 3 is 1.86 bits per heavy atom. The van der Waals surface area contributed by atoms with Crippen molar-refractivity contribution in [2.45, 2.75) is 77.5 Å². The highest BCUT2D eigenvalue weighted by Crippen LogP contribution is 2.42. The van der Waals surface area contributed by atoms with Crippen molar-refractivity contribution in [3.05, 3.63) is 60.3 Å². The molecule has 4 N–H and O–H groups in total. The summed E-state index contributed by atoms with van der Waals surface area (Å²) in [5.41, 5.74) is 3.73. The van der Waals surface area contributed by atoms with Crippen LogP contribution in [0.4, 0.5) is 9.59 Å². The minimum atomic E-state index is -0.688. The summed E-state index contributed by atoms with van der Waals surface area (Å²) in [7, 11) is 2.59. The SMILES string of the molecule is COC(=O)N[C@H](C(=O)N1CCC[C@H]1c1ncc(-c2cc3cc4sc(-c5ccc6nc([C@@H]7CCCN7C(=O)[C@@H](NC(=O)OC)C(C)C)[nH]c6c5)cc4cc3s2)[nH]1)C(C)C. The van der Waals surface area contributed by atoms with E-state index in [-0.39, 0.29) is 35.7 Å². The summed E-state index contributed by atoms with van der Waals surface area (Å²) >= 11 is 3.44. The Balaban J connectivity index is 0.995. The molecule has 58 heavy (non-hydrogen) atoms. The summed E-state index contributed by atoms with van der Waals surface area (Å²) in [6.07, 6.45) is 3.89. The molecule has 0 saturated carbocycles. The monoisotopic (exact) mass is 824 g/mol. The zero-order chi connectivity index (χ0) is 40.8. The molecule has 2 fully saturated rings. The fraction of sp³-hybridized carbons (Fsp3) is 0.429. The van der Waals surface area contributed by atoms with Gasteiger partial charge in [-0.25, -0.2) is 19.6 Å². The van der Waals surface area contributed by atoms with Crippen molar-refractivity contribution in [3.63, 3.8) is 0 Å². The topological polar surface area (TPSA) is 175 Å². The highest BCUT2D eigenvalue weighted by atomic mass is 32.1. The van der Waals surface area contributed by atoms with E-state index in [4.69, 9.17) is 19.4 Å². The number of likely N-dealkylation sites (tertiary alicyclic amines) is 2. The van der Waals surface area contributed by atoms with Crippen molar-refractivity contribution >= 4 is 77.9 Å². The van der Waals surface area contributed by atoms with Crippen LogP contribution in [0.2, 0.25) is 0 Å². The molecule has 2 aliphatic rings. The molecule has 0 radical (unpaired) electrons. The second-order valence-corrected chi connectivity index (χ2v) is 17.9. The van der Waals surface area contributed by atoms with Gasteiger partial charge in [0.1, 0.15) is 23.7 Å². The molecule has 0 spiro atoms. The van der Waals surface area contributed by atoms with Crippen molar-refractivity contribution in [2.24, 2.45) is 11.8 Å². The maximum atomic E-state index is 13.7. The van der Waals surface area contributed by atoms with Crippen molar-refractivity contribution in [1.82, 2.24) is 40.4 Å². The van der Waals surface area contributed by atoms with Gasteiger partial charge in [-0.3, -0.25) is 9.59 Å². The standard InChI is InChI=1S/C42H48N8O6S2/c1-21(2)35(47-41(53)55-5)39(51)49-13-7-9-29(49)37-43-20-28(46-37)34-19-25-18-32-24(17-33(25)58-34)16-31(57-32)23-11-12-26-27(15-23)45-38(44-26)30-10-8-14-50(30)40(52)36(22(3)4)48-42(54)56-6/h11-12,15-22,29-30,35-36H,7-10,13-14H2,1-6H3,(H,43,46)(H,44,45)(H,47,53)(H,48,54)/t29-,30-,35-,36-/m0/s1. The van der Waals surface area contributed by atoms with E-state index >= 15 is 0 Å². The lowest BCUT2D eigenvalue weighted by Gasteiger charge is -2.30. The molecule has 4 atom stereocenters. The number of benzene rings is 2. The van der Waals surface area contributed by atoms with Crippen molar-refractivity contribution in [2.75, 3.05) is 27.3 Å². The molecule has 14 nitrogen and oxygen atoms in total. The first-order chi connectivity index (χ1) is 27.9. The Labute approximate surface area is 343 Å². The number of carbonyl (C=O) groups is 4. The summed E-state index contributed by atoms with van der Waals surface area (Å²) in [4.78, 5) is 73.8. The first-order valence-corrected chi connectivity index (χ1v) is 21.4. The number of alkyl carbamates (subject to hydrolysis) is 2. The lowest BCUT2D eigenvalue weighted by molar-refractivity contribution is -0.136. The molecule has 6 aromatic rings. The molecule has 304 valence electrons. The van der Waals surface area contributed by atoms with Crippen molar-refractivity contribution in [3.8, 4) is 21.0 Å². The van der Waals surface area contributed by atoms with Crippen molar-refractivity contribution < 1.29 is 28.7 Å². The van der Waals surface area contributed by atoms with Crippen LogP contribution in [0.25, 0.3) is 52.2 Å². The molecular formula is C42H48N8O6S2. The lowest BCUT2D eigenvalue weighted by Crippen LogP contribution is -2.51. The quantitative estimate of drug-likeness (QED) is 0.107. The number of rotatable bonds is 10. The average Bonchev–Trinajstić information content (AvgIpc) is 4.06. The van der Waals surface area contributed by atoms with Gasteiger partial charge in [-0.1, -0.05) is 33.8 Å². The second kappa shape index (κ2) is 16.0. The first-order valence-electron chi connectivity index (χ1n) is 19.7. The van der Waals surface area contributed by atoms with Gasteiger partial charge in [0.2, 0.25) is 11.8 Å². The Kier molecular flexibility index (Phi) is 10.9. The summed E-state index contributed by atoms with van der Waals surface area (Å²) in [6, 6.07) is 13.4. The number of hydrogen-bond donors (Lipinski definition) is 4. The van der Waals surface area contributed by atoms with Gasteiger partial charge in [-0.05, 0) is 90.3 Å². The molecule has 0 unspecified atom stereocenters. The Morgan fingerprint density at radius 2 is 1.29 bits per heavy atom. The van der Waals surface area contributed by atoms with Gasteiger partial charge in [0, 0.05) is 27.4 Å². The van der Waals surface area contributed by atoms with Crippen LogP contribution in [0.1, 0.15) is 77.1 Å². The van der Waals surface area contributed by atoms with Crippen LogP contribution in [0.15, 0.2) is 48.7 Å². The smallest absolute Gasteiger partial charge is 0.407 e. The van der Waals surface area contributed by atoms with E-state index in [0.29, 0.717) is 13.1 Å². The third kappa shape index (κ3) is 7.50. The Bertz CT molecular complexity index is 2470. The number of fused-ring (bicyclic) bond motifs is 3. The van der Waals surface area contributed by atoms with E-state index in [1.807, 2.05) is 49.8 Å². The Morgan fingerprint density at radius 1 is 0.741 bits per heavy atom. The molecule has 2 aliphatic heterocycles. The van der Waals surface area contributed by atoms with Crippen LogP contribution in [-0.2, 0) is 19.1 Å². The predicted octanol–water partition coefficient (Wildman–Crippen LogP) is 8.14. The summed E-state index contributed by atoms with van der Waals surface area (Å²) in [5.74, 6) is 1.02. The highest BCUT2D eigenvalue weighted by molar-refractivity contribution is 7.23. The van der Waals surface area contributed by atoms with E-state index in [1.54, 1.807) is 22.7 Å². The molecule has 2 saturated heterocycles. The first kappa shape index (κ1) is 39.4. The van der Waals surface area contributed by atoms with Gasteiger partial charge in [0.15, 0.2) is 0 Å². The zero-order valence-corrected chi connectivity index (χ0v) is 35.0. The molecule has 4 aromatic heterocycles. The number of ether oxygens (including phenoxy) is 2. The minimum absolute atomic E-state index is 0.103. The molecule has 4 amide bonds. The van der Waals surface area contributed by atoms with E-state index in [9.17, 15) is 19.2 Å². The average molecular weight is 825 g/mol. The van der Waals surface area contributed by atoms with E-state index in [1.165, 1.54) is 23.6 Å². The molecule has 16 heteroatoms. The molecule has 2 aromatic carbocycles. The number of H-pyrrole nitrogens is 2. The van der Waals surface area contributed by atoms with Gasteiger partial charge < -0.3 is 39.9 Å². The number of carbonyl (C=O) groups excluding carboxylic acids is 4. The molecule has 6 heterocycles. The maximum absolute atomic E-state index is 13.7. The normalized spacial score (nSPS) is 18.1. The van der Waals surface area contributed by atoms with Gasteiger partial charge >= 0.3 is 12.2 Å². The van der Waals surface area contributed by atoms with Crippen LogP contribution in [0.3, 0.4) is 0 Å². The molecular weight excluding hydrogens is 777 g/mol. The summed E-state index contributed by atoms with van der Waals surface area (Å²) in [5, 5.41) is 7.74. The number of hydrogen-bond acceptors (Lipinski definition) is 10. The molecule has 8 rings (SSSR count). The Hall–Kier alpha value is -5.48. The van der Waals surface area contributed by atoms with Crippen LogP contribution in [-0.4, -0.2) is 93.1 Å². The van der Waals surface area contributed by atoms with Gasteiger partial charge in [0.25, 0.3) is 0 Å². The predicted molar refractivity (Wildman–Crippen MR) is 226 cm³/mol. The van der Waals surface area contributed by atoms with Crippen LogP contribution in [0, 0.1) is 11.8 Å². The molecule has 0 bridgehead atoms. The van der Waals surface area contributed by atoms with Gasteiger partial charge in [-0.2, -0.15) is 0 Å². The minimum Gasteiger partial charge on any atom is -0.453 e. The fourth-order valence-electron chi connectivity index (χ4n) is 8.20. The number of amides is 4. The number of aromatic amines is 2. The second-order valence-electron chi connectivity index (χ2n) is 15.8. The number of thiophene rings is 2. The largest absolute Gasteiger partial charge is 0.453 e. The number of nitrogens with one attached hydrogen (secondary N) is 4. The zero-order valence-electron chi connectivity index (χ0n) is 33.4. The number of methoxy groups -OCH3 is 2. The third-order valence-electron chi connectivity index (χ3n) is 11.3. The lowest BCUT2D eigenvalue weighted by atomic mass is 10.0. The maximum Gasteiger partial charge on any atom is 0.407 e. The number of imidazole rings is 2. The van der Waals surface area contributed by atoms with E-state index in [0.717, 1.165) is 80.1 Å². The fourth-order valence-corrected chi connectivity index (χ4v) is 10.4. The van der Waals surface area contributed by atoms with Gasteiger partial charge in [0.05, 0.1) is 54.1 Å². The summed E-state index contributed by atoms with van der Waals surface area (Å²) in [6.45, 7) is 8.83. The van der Waals surface area contributed by atoms with Gasteiger partial charge in [-0.15, -0.1) is 22.7 Å². The number of aromatic nitrogens is 4. The van der Waals surface area contributed by atoms with Crippen LogP contribution in [0.5, 0.6) is 0 Å². The van der Waals surface area contributed by atoms with E-state index in [2.05, 4.69) is 57.0 Å². The third-order valence-corrected chi connectivity index (χ3v) is 13.6. The van der Waals surface area contributed by atoms with Crippen LogP contribution < -0.4 is 10.6 Å². The van der Waals surface area contributed by atoms with Crippen LogP contribution >= 0.6 is 22.7 Å². The van der Waals surface area contributed by atoms with Crippen molar-refractivity contribution in [1.29, 1.82) is 0 Å². The summed E-state index contributed by atoms with van der Waals surface area (Å²) < 4.78 is 11.9.